The van der Waals surface area contributed by atoms with Crippen LogP contribution in [-0.2, 0) is 16.1 Å². The summed E-state index contributed by atoms with van der Waals surface area (Å²) in [6.07, 6.45) is 0.976. The number of ether oxygens (including phenoxy) is 3. The highest BCUT2D eigenvalue weighted by atomic mass is 16.5. The summed E-state index contributed by atoms with van der Waals surface area (Å²) in [4.78, 5) is 69.9. The van der Waals surface area contributed by atoms with Gasteiger partial charge in [-0.05, 0) is 73.7 Å². The fourth-order valence-electron chi connectivity index (χ4n) is 6.14. The Hall–Kier alpha value is -5.79. The first-order valence-corrected chi connectivity index (χ1v) is 17.3. The van der Waals surface area contributed by atoms with E-state index in [1.165, 1.54) is 19.1 Å². The van der Waals surface area contributed by atoms with Gasteiger partial charge >= 0.3 is 6.03 Å². The van der Waals surface area contributed by atoms with Crippen LogP contribution in [0.3, 0.4) is 0 Å². The number of hydrogen-bond acceptors (Lipinski definition) is 8. The second-order valence-electron chi connectivity index (χ2n) is 13.0. The minimum Gasteiger partial charge on any atom is -0.496 e. The van der Waals surface area contributed by atoms with Crippen molar-refractivity contribution >= 4 is 35.3 Å². The fourth-order valence-corrected chi connectivity index (χ4v) is 6.14. The molecule has 1 saturated heterocycles. The van der Waals surface area contributed by atoms with E-state index in [-0.39, 0.29) is 43.2 Å². The lowest BCUT2D eigenvalue weighted by Gasteiger charge is -2.27. The maximum atomic E-state index is 14.0. The van der Waals surface area contributed by atoms with Crippen LogP contribution in [0.5, 0.6) is 23.0 Å². The van der Waals surface area contributed by atoms with Gasteiger partial charge in [0.1, 0.15) is 17.5 Å². The van der Waals surface area contributed by atoms with Gasteiger partial charge in [-0.2, -0.15) is 0 Å². The van der Waals surface area contributed by atoms with Gasteiger partial charge in [-0.15, -0.1) is 0 Å². The molecule has 14 heteroatoms. The summed E-state index contributed by atoms with van der Waals surface area (Å²) >= 11 is 0. The third-order valence-electron chi connectivity index (χ3n) is 9.03. The second kappa shape index (κ2) is 16.9. The average Bonchev–Trinajstić information content (AvgIpc) is 3.56. The largest absolute Gasteiger partial charge is 0.496 e. The van der Waals surface area contributed by atoms with Crippen LogP contribution in [0.2, 0.25) is 0 Å². The number of rotatable bonds is 5. The molecule has 1 fully saturated rings. The van der Waals surface area contributed by atoms with Crippen molar-refractivity contribution in [3.63, 3.8) is 0 Å². The number of urea groups is 1. The van der Waals surface area contributed by atoms with E-state index in [0.29, 0.717) is 72.1 Å². The Labute approximate surface area is 303 Å². The van der Waals surface area contributed by atoms with Gasteiger partial charge in [0, 0.05) is 43.0 Å². The molecule has 2 bridgehead atoms. The third-order valence-corrected chi connectivity index (χ3v) is 9.03. The summed E-state index contributed by atoms with van der Waals surface area (Å²) in [6, 6.07) is 14.0. The normalized spacial score (nSPS) is 17.6. The zero-order valence-electron chi connectivity index (χ0n) is 30.2. The van der Waals surface area contributed by atoms with Crippen LogP contribution in [0.1, 0.15) is 58.5 Å². The van der Waals surface area contributed by atoms with Gasteiger partial charge in [0.25, 0.3) is 11.8 Å². The summed E-state index contributed by atoms with van der Waals surface area (Å²) in [5, 5.41) is 11.4. The van der Waals surface area contributed by atoms with E-state index in [9.17, 15) is 24.0 Å². The van der Waals surface area contributed by atoms with Gasteiger partial charge in [-0.25, -0.2) is 4.79 Å². The van der Waals surface area contributed by atoms with Gasteiger partial charge in [0.15, 0.2) is 11.5 Å². The van der Waals surface area contributed by atoms with Crippen molar-refractivity contribution in [3.8, 4) is 23.0 Å². The topological polar surface area (TPSA) is 168 Å². The summed E-state index contributed by atoms with van der Waals surface area (Å²) in [5.74, 6) is -0.456. The number of anilines is 1. The predicted molar refractivity (Wildman–Crippen MR) is 194 cm³/mol. The molecule has 52 heavy (non-hydrogen) atoms. The lowest BCUT2D eigenvalue weighted by atomic mass is 10.0. The van der Waals surface area contributed by atoms with E-state index < -0.39 is 23.8 Å². The maximum absolute atomic E-state index is 14.0. The number of carbonyl (C=O) groups excluding carboxylic acids is 5. The molecule has 0 unspecified atom stereocenters. The molecule has 14 nitrogen and oxygen atoms in total. The van der Waals surface area contributed by atoms with E-state index in [0.717, 1.165) is 5.56 Å². The fraction of sp³-hybridized carbons (Fsp3) is 0.395. The number of aryl methyl sites for hydroxylation is 1. The Morgan fingerprint density at radius 1 is 0.865 bits per heavy atom. The van der Waals surface area contributed by atoms with Gasteiger partial charge in [0.2, 0.25) is 11.8 Å². The Morgan fingerprint density at radius 3 is 2.37 bits per heavy atom. The first-order chi connectivity index (χ1) is 25.0. The van der Waals surface area contributed by atoms with Gasteiger partial charge in [-0.1, -0.05) is 26.0 Å². The smallest absolute Gasteiger partial charge is 0.322 e. The van der Waals surface area contributed by atoms with Crippen molar-refractivity contribution in [2.75, 3.05) is 51.8 Å². The summed E-state index contributed by atoms with van der Waals surface area (Å²) in [6.45, 7) is 6.66. The maximum Gasteiger partial charge on any atom is 0.322 e. The number of benzene rings is 3. The molecule has 2 aliphatic heterocycles. The Bertz CT molecular complexity index is 1830. The van der Waals surface area contributed by atoms with Crippen LogP contribution >= 0.6 is 0 Å². The number of nitrogens with zero attached hydrogens (tertiary/aromatic N) is 2. The first kappa shape index (κ1) is 37.5. The molecule has 0 spiro atoms. The SMILES string of the molecule is COc1ccc2cc1Oc1cccc(OC)c1CNC(=O)[C@@H](C(C)C)NC(=O)CN(C(=O)c1ccc(C)c(N3CCNC3=O)c1)CCCCNC2=O. The highest BCUT2D eigenvalue weighted by Crippen LogP contribution is 2.37. The molecular weight excluding hydrogens is 668 g/mol. The molecule has 3 aromatic carbocycles. The standard InChI is InChI=1S/C38H46N6O8/c1-23(2)34-36(47)41-21-27-29(50-4)9-8-10-30(27)52-32-20-25(13-14-31(32)51-5)35(46)39-15-6-7-17-43(22-33(45)42-34)37(48)26-12-11-24(3)28(19-26)44-18-16-40-38(44)49/h8-14,19-20,23,34H,6-7,15-18,21-22H2,1-5H3,(H,39,46)(H,40,49)(H,41,47)(H,42,45)/t34-/m1/s1. The Morgan fingerprint density at radius 2 is 1.65 bits per heavy atom. The molecule has 276 valence electrons. The number of methoxy groups -OCH3 is 2. The molecule has 2 heterocycles. The summed E-state index contributed by atoms with van der Waals surface area (Å²) in [5.41, 5.74) is 2.63. The second-order valence-corrected chi connectivity index (χ2v) is 13.0. The molecule has 4 N–H and O–H groups in total. The molecular formula is C38H46N6O8. The average molecular weight is 715 g/mol. The number of fused-ring (bicyclic) bond motifs is 3. The molecule has 3 aromatic rings. The van der Waals surface area contributed by atoms with E-state index in [1.54, 1.807) is 59.5 Å². The predicted octanol–water partition coefficient (Wildman–Crippen LogP) is 3.76. The van der Waals surface area contributed by atoms with Crippen molar-refractivity contribution in [2.45, 2.75) is 46.2 Å². The van der Waals surface area contributed by atoms with Gasteiger partial charge in [-0.3, -0.25) is 24.1 Å². The molecule has 2 aliphatic rings. The van der Waals surface area contributed by atoms with Gasteiger partial charge in [0.05, 0.1) is 32.9 Å². The van der Waals surface area contributed by atoms with E-state index in [1.807, 2.05) is 20.8 Å². The number of nitrogens with one attached hydrogen (secondary N) is 4. The Balaban J connectivity index is 1.45. The van der Waals surface area contributed by atoms with Crippen LogP contribution in [0, 0.1) is 12.8 Å². The number of carbonyl (C=O) groups is 5. The third kappa shape index (κ3) is 8.74. The Kier molecular flexibility index (Phi) is 12.2. The van der Waals surface area contributed by atoms with E-state index >= 15 is 0 Å². The molecule has 0 radical (unpaired) electrons. The van der Waals surface area contributed by atoms with E-state index in [2.05, 4.69) is 21.3 Å². The monoisotopic (exact) mass is 714 g/mol. The highest BCUT2D eigenvalue weighted by molar-refractivity contribution is 6.00. The van der Waals surface area contributed by atoms with Crippen molar-refractivity contribution in [1.29, 1.82) is 0 Å². The molecule has 0 aromatic heterocycles. The molecule has 5 rings (SSSR count). The molecule has 0 saturated carbocycles. The quantitative estimate of drug-likeness (QED) is 0.310. The highest BCUT2D eigenvalue weighted by Gasteiger charge is 2.29. The van der Waals surface area contributed by atoms with E-state index in [4.69, 9.17) is 14.2 Å². The number of amides is 6. The molecule has 1 atom stereocenters. The van der Waals surface area contributed by atoms with Crippen molar-refractivity contribution < 1.29 is 38.2 Å². The van der Waals surface area contributed by atoms with Gasteiger partial charge < -0.3 is 40.4 Å². The minimum atomic E-state index is -0.916. The van der Waals surface area contributed by atoms with Crippen LogP contribution in [-0.4, -0.2) is 87.5 Å². The lowest BCUT2D eigenvalue weighted by Crippen LogP contribution is -2.52. The zero-order chi connectivity index (χ0) is 37.4. The molecule has 6 amide bonds. The zero-order valence-corrected chi connectivity index (χ0v) is 30.2. The van der Waals surface area contributed by atoms with Crippen LogP contribution in [0.25, 0.3) is 0 Å². The van der Waals surface area contributed by atoms with Crippen LogP contribution in [0.4, 0.5) is 10.5 Å². The van der Waals surface area contributed by atoms with Crippen LogP contribution < -0.4 is 40.4 Å². The lowest BCUT2D eigenvalue weighted by molar-refractivity contribution is -0.130. The summed E-state index contributed by atoms with van der Waals surface area (Å²) < 4.78 is 17.4. The van der Waals surface area contributed by atoms with Crippen molar-refractivity contribution in [1.82, 2.24) is 26.2 Å². The van der Waals surface area contributed by atoms with Crippen molar-refractivity contribution in [3.05, 3.63) is 76.9 Å². The minimum absolute atomic E-state index is 0.00479. The van der Waals surface area contributed by atoms with Crippen LogP contribution in [0.15, 0.2) is 54.6 Å². The molecule has 0 aliphatic carbocycles. The number of hydrogen-bond donors (Lipinski definition) is 4. The summed E-state index contributed by atoms with van der Waals surface area (Å²) in [7, 11) is 3.00. The van der Waals surface area contributed by atoms with Crippen molar-refractivity contribution in [2.24, 2.45) is 5.92 Å². The first-order valence-electron chi connectivity index (χ1n) is 17.3.